The molecule has 0 spiro atoms. The average Bonchev–Trinajstić information content (AvgIpc) is 3.25. The Hall–Kier alpha value is -1.10. The van der Waals surface area contributed by atoms with E-state index >= 15 is 0 Å². The molecule has 0 aliphatic carbocycles. The number of amides is 1. The number of halogens is 1. The Morgan fingerprint density at radius 1 is 1.17 bits per heavy atom. The van der Waals surface area contributed by atoms with Gasteiger partial charge in [0, 0.05) is 50.8 Å². The Bertz CT molecular complexity index is 523. The van der Waals surface area contributed by atoms with Gasteiger partial charge in [0.05, 0.1) is 0 Å². The van der Waals surface area contributed by atoms with Crippen molar-refractivity contribution < 1.29 is 4.79 Å². The van der Waals surface area contributed by atoms with E-state index in [2.05, 4.69) is 14.9 Å². The maximum Gasteiger partial charge on any atom is 0.244 e. The van der Waals surface area contributed by atoms with Gasteiger partial charge in [0.15, 0.2) is 11.1 Å². The summed E-state index contributed by atoms with van der Waals surface area (Å²) in [6.07, 6.45) is 4.03. The second kappa shape index (κ2) is 8.67. The molecule has 3 rings (SSSR count). The van der Waals surface area contributed by atoms with E-state index in [-0.39, 0.29) is 36.4 Å². The molecule has 23 heavy (non-hydrogen) atoms. The molecule has 7 nitrogen and oxygen atoms in total. The van der Waals surface area contributed by atoms with Gasteiger partial charge in [-0.2, -0.15) is 0 Å². The van der Waals surface area contributed by atoms with Crippen LogP contribution in [0.3, 0.4) is 0 Å². The van der Waals surface area contributed by atoms with Crippen molar-refractivity contribution >= 4 is 52.3 Å². The minimum Gasteiger partial charge on any atom is -0.370 e. The average molecular weight is 450 g/mol. The van der Waals surface area contributed by atoms with Crippen molar-refractivity contribution in [2.24, 2.45) is 10.7 Å². The number of aliphatic imine (C=N–C) groups is 1. The van der Waals surface area contributed by atoms with Gasteiger partial charge >= 0.3 is 0 Å². The monoisotopic (exact) mass is 450 g/mol. The molecular weight excluding hydrogens is 427 g/mol. The van der Waals surface area contributed by atoms with Gasteiger partial charge in [-0.3, -0.25) is 4.79 Å². The zero-order chi connectivity index (χ0) is 15.4. The van der Waals surface area contributed by atoms with E-state index < -0.39 is 0 Å². The predicted molar refractivity (Wildman–Crippen MR) is 104 cm³/mol. The summed E-state index contributed by atoms with van der Waals surface area (Å²) in [4.78, 5) is 26.7. The molecule has 2 aliphatic heterocycles. The molecule has 2 N–H and O–H groups in total. The lowest BCUT2D eigenvalue weighted by molar-refractivity contribution is -0.128. The summed E-state index contributed by atoms with van der Waals surface area (Å²) < 4.78 is 0. The molecule has 1 aromatic heterocycles. The fraction of sp³-hybridized carbons (Fsp3) is 0.643. The van der Waals surface area contributed by atoms with Gasteiger partial charge < -0.3 is 20.4 Å². The van der Waals surface area contributed by atoms with Gasteiger partial charge in [-0.15, -0.1) is 35.3 Å². The third-order valence-corrected chi connectivity index (χ3v) is 4.96. The molecule has 9 heteroatoms. The number of hydrogen-bond donors (Lipinski definition) is 1. The van der Waals surface area contributed by atoms with Crippen LogP contribution in [0.1, 0.15) is 12.8 Å². The molecule has 0 radical (unpaired) electrons. The Morgan fingerprint density at radius 2 is 1.87 bits per heavy atom. The van der Waals surface area contributed by atoms with Crippen LogP contribution in [0.15, 0.2) is 16.6 Å². The highest BCUT2D eigenvalue weighted by atomic mass is 127. The number of likely N-dealkylation sites (tertiary alicyclic amines) is 1. The summed E-state index contributed by atoms with van der Waals surface area (Å²) in [6.45, 7) is 5.27. The van der Waals surface area contributed by atoms with Crippen molar-refractivity contribution in [3.05, 3.63) is 11.6 Å². The van der Waals surface area contributed by atoms with Crippen LogP contribution < -0.4 is 10.6 Å². The van der Waals surface area contributed by atoms with E-state index in [0.29, 0.717) is 5.96 Å². The Balaban J connectivity index is 0.00000192. The van der Waals surface area contributed by atoms with Gasteiger partial charge in [-0.05, 0) is 12.8 Å². The number of carbonyl (C=O) groups excluding carboxylic acids is 1. The number of nitrogens with two attached hydrogens (primary N) is 1. The van der Waals surface area contributed by atoms with Crippen molar-refractivity contribution in [1.82, 2.24) is 14.8 Å². The summed E-state index contributed by atoms with van der Waals surface area (Å²) >= 11 is 1.65. The first kappa shape index (κ1) is 18.2. The third-order valence-electron chi connectivity index (χ3n) is 4.13. The summed E-state index contributed by atoms with van der Waals surface area (Å²) in [5.41, 5.74) is 6.03. The van der Waals surface area contributed by atoms with E-state index in [1.807, 2.05) is 21.4 Å². The van der Waals surface area contributed by atoms with Gasteiger partial charge in [0.25, 0.3) is 0 Å². The van der Waals surface area contributed by atoms with Crippen molar-refractivity contribution in [2.75, 3.05) is 50.7 Å². The maximum atomic E-state index is 12.0. The van der Waals surface area contributed by atoms with Crippen LogP contribution in [0.25, 0.3) is 0 Å². The lowest BCUT2D eigenvalue weighted by Gasteiger charge is -2.35. The number of thiazole rings is 1. The second-order valence-corrected chi connectivity index (χ2v) is 6.42. The van der Waals surface area contributed by atoms with Crippen molar-refractivity contribution in [1.29, 1.82) is 0 Å². The Labute approximate surface area is 157 Å². The number of anilines is 1. The number of guanidine groups is 1. The SMILES string of the molecule is I.NC(=NCC(=O)N1CCCC1)N1CCN(c2nccs2)CC1. The van der Waals surface area contributed by atoms with Crippen LogP contribution in [0.4, 0.5) is 5.13 Å². The number of hydrogen-bond acceptors (Lipinski definition) is 5. The van der Waals surface area contributed by atoms with Crippen molar-refractivity contribution in [3.63, 3.8) is 0 Å². The van der Waals surface area contributed by atoms with Gasteiger partial charge in [-0.25, -0.2) is 9.98 Å². The largest absolute Gasteiger partial charge is 0.370 e. The number of carbonyl (C=O) groups is 1. The van der Waals surface area contributed by atoms with Crippen LogP contribution in [0.5, 0.6) is 0 Å². The summed E-state index contributed by atoms with van der Waals surface area (Å²) in [7, 11) is 0. The van der Waals surface area contributed by atoms with Crippen LogP contribution >= 0.6 is 35.3 Å². The van der Waals surface area contributed by atoms with Gasteiger partial charge in [-0.1, -0.05) is 0 Å². The molecule has 0 atom stereocenters. The van der Waals surface area contributed by atoms with Crippen molar-refractivity contribution in [2.45, 2.75) is 12.8 Å². The highest BCUT2D eigenvalue weighted by Crippen LogP contribution is 2.18. The number of piperazine rings is 1. The summed E-state index contributed by atoms with van der Waals surface area (Å²) in [5, 5.41) is 3.04. The molecule has 1 aromatic rings. The van der Waals surface area contributed by atoms with E-state index in [4.69, 9.17) is 5.73 Å². The fourth-order valence-electron chi connectivity index (χ4n) is 2.81. The first-order chi connectivity index (χ1) is 10.7. The normalized spacial score (nSPS) is 19.0. The van der Waals surface area contributed by atoms with Crippen LogP contribution in [-0.2, 0) is 4.79 Å². The van der Waals surface area contributed by atoms with Crippen LogP contribution in [0, 0.1) is 0 Å². The smallest absolute Gasteiger partial charge is 0.244 e. The molecule has 128 valence electrons. The fourth-order valence-corrected chi connectivity index (χ4v) is 3.51. The molecule has 1 amide bonds. The summed E-state index contributed by atoms with van der Waals surface area (Å²) in [6, 6.07) is 0. The molecular formula is C14H23IN6OS. The maximum absolute atomic E-state index is 12.0. The minimum absolute atomic E-state index is 0. The standard InChI is InChI=1S/C14H22N6OS.HI/c15-13(17-11-12(21)18-4-1-2-5-18)19-6-8-20(9-7-19)14-16-3-10-22-14;/h3,10H,1-2,4-9,11H2,(H2,15,17);1H. The Morgan fingerprint density at radius 3 is 2.48 bits per heavy atom. The lowest BCUT2D eigenvalue weighted by atomic mass is 10.3. The number of rotatable bonds is 3. The zero-order valence-electron chi connectivity index (χ0n) is 13.1. The second-order valence-electron chi connectivity index (χ2n) is 5.55. The summed E-state index contributed by atoms with van der Waals surface area (Å²) in [5.74, 6) is 0.563. The number of nitrogens with zero attached hydrogens (tertiary/aromatic N) is 5. The zero-order valence-corrected chi connectivity index (χ0v) is 16.2. The van der Waals surface area contributed by atoms with E-state index in [1.165, 1.54) is 0 Å². The molecule has 0 unspecified atom stereocenters. The highest BCUT2D eigenvalue weighted by molar-refractivity contribution is 14.0. The molecule has 2 aliphatic rings. The first-order valence-corrected chi connectivity index (χ1v) is 8.59. The molecule has 3 heterocycles. The topological polar surface area (TPSA) is 78.1 Å². The van der Waals surface area contributed by atoms with Gasteiger partial charge in [0.1, 0.15) is 6.54 Å². The molecule has 0 aromatic carbocycles. The van der Waals surface area contributed by atoms with Crippen molar-refractivity contribution in [3.8, 4) is 0 Å². The molecule has 2 saturated heterocycles. The quantitative estimate of drug-likeness (QED) is 0.419. The number of aromatic nitrogens is 1. The minimum atomic E-state index is 0. The lowest BCUT2D eigenvalue weighted by Crippen LogP contribution is -2.51. The van der Waals surface area contributed by atoms with Crippen LogP contribution in [0.2, 0.25) is 0 Å². The van der Waals surface area contributed by atoms with E-state index in [9.17, 15) is 4.79 Å². The highest BCUT2D eigenvalue weighted by Gasteiger charge is 2.21. The molecule has 0 saturated carbocycles. The van der Waals surface area contributed by atoms with E-state index in [0.717, 1.165) is 57.2 Å². The van der Waals surface area contributed by atoms with Gasteiger partial charge in [0.2, 0.25) is 5.91 Å². The third kappa shape index (κ3) is 4.69. The first-order valence-electron chi connectivity index (χ1n) is 7.71. The predicted octanol–water partition coefficient (Wildman–Crippen LogP) is 0.820. The Kier molecular flexibility index (Phi) is 6.88. The van der Waals surface area contributed by atoms with E-state index in [1.54, 1.807) is 11.3 Å². The molecule has 0 bridgehead atoms. The van der Waals surface area contributed by atoms with Crippen LogP contribution in [-0.4, -0.2) is 72.5 Å². The molecule has 2 fully saturated rings.